The molecule has 0 unspecified atom stereocenters. The van der Waals surface area contributed by atoms with Crippen molar-refractivity contribution >= 4 is 16.7 Å². The van der Waals surface area contributed by atoms with Gasteiger partial charge < -0.3 is 0 Å². The van der Waals surface area contributed by atoms with E-state index in [2.05, 4.69) is 0 Å². The lowest BCUT2D eigenvalue weighted by atomic mass is 10.0. The third-order valence-corrected chi connectivity index (χ3v) is 3.72. The highest BCUT2D eigenvalue weighted by atomic mass is 16.1. The molecule has 0 saturated heterocycles. The lowest BCUT2D eigenvalue weighted by Gasteiger charge is -2.13. The average Bonchev–Trinajstić information content (AvgIpc) is 2.54. The van der Waals surface area contributed by atoms with Crippen LogP contribution in [0.2, 0.25) is 0 Å². The number of pyridine rings is 1. The van der Waals surface area contributed by atoms with Crippen LogP contribution in [0, 0.1) is 5.92 Å². The first kappa shape index (κ1) is 14.3. The van der Waals surface area contributed by atoms with Gasteiger partial charge in [0.15, 0.2) is 5.78 Å². The van der Waals surface area contributed by atoms with E-state index >= 15 is 0 Å². The molecule has 1 aromatic heterocycles. The molecule has 0 aliphatic rings. The zero-order valence-corrected chi connectivity index (χ0v) is 12.6. The Hall–Kier alpha value is -2.68. The van der Waals surface area contributed by atoms with Crippen LogP contribution in [0.4, 0.5) is 0 Å². The van der Waals surface area contributed by atoms with Crippen molar-refractivity contribution in [3.8, 4) is 5.69 Å². The molecule has 0 aliphatic heterocycles. The number of fused-ring (bicyclic) bond motifs is 1. The molecule has 0 spiro atoms. The predicted molar refractivity (Wildman–Crippen MR) is 88.7 cm³/mol. The summed E-state index contributed by atoms with van der Waals surface area (Å²) in [4.78, 5) is 25.3. The normalized spacial score (nSPS) is 11.0. The minimum atomic E-state index is -0.261. The second-order valence-corrected chi connectivity index (χ2v) is 5.61. The van der Waals surface area contributed by atoms with Gasteiger partial charge >= 0.3 is 0 Å². The van der Waals surface area contributed by atoms with Crippen LogP contribution in [0.25, 0.3) is 16.6 Å². The topological polar surface area (TPSA) is 39.1 Å². The molecule has 2 aromatic carbocycles. The Labute approximate surface area is 128 Å². The molecule has 0 bridgehead atoms. The van der Waals surface area contributed by atoms with Gasteiger partial charge in [-0.3, -0.25) is 14.2 Å². The van der Waals surface area contributed by atoms with Gasteiger partial charge in [0, 0.05) is 11.6 Å². The number of Topliss-reactive ketones (excluding diaryl/α,β-unsaturated/α-hetero) is 1. The van der Waals surface area contributed by atoms with E-state index in [-0.39, 0.29) is 22.8 Å². The Morgan fingerprint density at radius 2 is 1.59 bits per heavy atom. The molecule has 3 aromatic rings. The van der Waals surface area contributed by atoms with E-state index in [1.54, 1.807) is 10.6 Å². The molecule has 3 rings (SSSR count). The molecule has 3 heteroatoms. The first-order chi connectivity index (χ1) is 10.6. The molecule has 0 aliphatic carbocycles. The van der Waals surface area contributed by atoms with Gasteiger partial charge in [0.1, 0.15) is 0 Å². The van der Waals surface area contributed by atoms with E-state index in [0.717, 1.165) is 16.6 Å². The van der Waals surface area contributed by atoms with E-state index in [0.29, 0.717) is 0 Å². The molecule has 0 amide bonds. The van der Waals surface area contributed by atoms with Crippen molar-refractivity contribution in [1.29, 1.82) is 0 Å². The molecule has 22 heavy (non-hydrogen) atoms. The number of hydrogen-bond donors (Lipinski definition) is 0. The van der Waals surface area contributed by atoms with Crippen LogP contribution in [0.5, 0.6) is 0 Å². The smallest absolute Gasteiger partial charge is 0.266 e. The lowest BCUT2D eigenvalue weighted by Crippen LogP contribution is -2.27. The summed E-state index contributed by atoms with van der Waals surface area (Å²) in [6.45, 7) is 3.62. The zero-order valence-electron chi connectivity index (χ0n) is 12.6. The van der Waals surface area contributed by atoms with E-state index in [4.69, 9.17) is 0 Å². The maximum atomic E-state index is 12.9. The average molecular weight is 291 g/mol. The Kier molecular flexibility index (Phi) is 3.63. The molecule has 0 N–H and O–H groups in total. The maximum absolute atomic E-state index is 12.9. The van der Waals surface area contributed by atoms with Crippen LogP contribution in [0.1, 0.15) is 24.2 Å². The number of hydrogen-bond acceptors (Lipinski definition) is 2. The molecular formula is C19H17NO2. The van der Waals surface area contributed by atoms with Gasteiger partial charge in [-0.2, -0.15) is 0 Å². The number of rotatable bonds is 3. The van der Waals surface area contributed by atoms with E-state index in [1.807, 2.05) is 68.4 Å². The first-order valence-electron chi connectivity index (χ1n) is 7.34. The number of ketones is 1. The molecular weight excluding hydrogens is 274 g/mol. The number of carbonyl (C=O) groups is 1. The highest BCUT2D eigenvalue weighted by molar-refractivity contribution is 6.00. The van der Waals surface area contributed by atoms with Crippen LogP contribution in [0.15, 0.2) is 65.5 Å². The van der Waals surface area contributed by atoms with Crippen LogP contribution >= 0.6 is 0 Å². The standard InChI is InChI=1S/C19H17NO2/c1-13(2)18(21)16-12-14-8-6-7-11-17(14)20(19(16)22)15-9-4-3-5-10-15/h3-13H,1-2H3. The number of carbonyl (C=O) groups excluding carboxylic acids is 1. The number of benzene rings is 2. The second kappa shape index (κ2) is 5.60. The molecule has 0 fully saturated rings. The predicted octanol–water partition coefficient (Wildman–Crippen LogP) is 3.83. The Bertz CT molecular complexity index is 892. The van der Waals surface area contributed by atoms with Crippen molar-refractivity contribution in [2.75, 3.05) is 0 Å². The Morgan fingerprint density at radius 3 is 2.27 bits per heavy atom. The summed E-state index contributed by atoms with van der Waals surface area (Å²) in [6, 6.07) is 18.7. The minimum absolute atomic E-state index is 0.125. The summed E-state index contributed by atoms with van der Waals surface area (Å²) in [7, 11) is 0. The van der Waals surface area contributed by atoms with Gasteiger partial charge in [-0.05, 0) is 29.7 Å². The van der Waals surface area contributed by atoms with Gasteiger partial charge in [0.25, 0.3) is 5.56 Å². The summed E-state index contributed by atoms with van der Waals surface area (Å²) < 4.78 is 1.62. The van der Waals surface area contributed by atoms with Crippen molar-refractivity contribution in [1.82, 2.24) is 4.57 Å². The maximum Gasteiger partial charge on any atom is 0.266 e. The van der Waals surface area contributed by atoms with E-state index < -0.39 is 0 Å². The fraction of sp³-hybridized carbons (Fsp3) is 0.158. The second-order valence-electron chi connectivity index (χ2n) is 5.61. The van der Waals surface area contributed by atoms with Gasteiger partial charge in [-0.25, -0.2) is 0 Å². The van der Waals surface area contributed by atoms with Crippen LogP contribution < -0.4 is 5.56 Å². The van der Waals surface area contributed by atoms with Crippen molar-refractivity contribution in [2.24, 2.45) is 5.92 Å². The number of aromatic nitrogens is 1. The summed E-state index contributed by atoms with van der Waals surface area (Å²) in [5.74, 6) is -0.335. The Morgan fingerprint density at radius 1 is 0.955 bits per heavy atom. The molecule has 110 valence electrons. The van der Waals surface area contributed by atoms with Gasteiger partial charge in [0.2, 0.25) is 0 Å². The lowest BCUT2D eigenvalue weighted by molar-refractivity contribution is 0.0938. The largest absolute Gasteiger partial charge is 0.294 e. The van der Waals surface area contributed by atoms with E-state index in [9.17, 15) is 9.59 Å². The minimum Gasteiger partial charge on any atom is -0.294 e. The molecule has 3 nitrogen and oxygen atoms in total. The third-order valence-electron chi connectivity index (χ3n) is 3.72. The highest BCUT2D eigenvalue weighted by Crippen LogP contribution is 2.19. The Balaban J connectivity index is 2.41. The van der Waals surface area contributed by atoms with Crippen LogP contribution in [0.3, 0.4) is 0 Å². The van der Waals surface area contributed by atoms with Crippen LogP contribution in [-0.4, -0.2) is 10.4 Å². The van der Waals surface area contributed by atoms with Crippen molar-refractivity contribution in [3.63, 3.8) is 0 Å². The van der Waals surface area contributed by atoms with Gasteiger partial charge in [-0.1, -0.05) is 50.2 Å². The van der Waals surface area contributed by atoms with Crippen molar-refractivity contribution < 1.29 is 4.79 Å². The summed E-state index contributed by atoms with van der Waals surface area (Å²) in [5.41, 5.74) is 1.56. The third kappa shape index (κ3) is 2.35. The highest BCUT2D eigenvalue weighted by Gasteiger charge is 2.18. The zero-order chi connectivity index (χ0) is 15.7. The molecule has 0 saturated carbocycles. The fourth-order valence-corrected chi connectivity index (χ4v) is 2.58. The van der Waals surface area contributed by atoms with E-state index in [1.165, 1.54) is 0 Å². The van der Waals surface area contributed by atoms with Crippen LogP contribution in [-0.2, 0) is 0 Å². The summed E-state index contributed by atoms with van der Waals surface area (Å²) in [5, 5.41) is 0.884. The fourth-order valence-electron chi connectivity index (χ4n) is 2.58. The molecule has 1 heterocycles. The number of nitrogens with zero attached hydrogens (tertiary/aromatic N) is 1. The molecule has 0 atom stereocenters. The van der Waals surface area contributed by atoms with Gasteiger partial charge in [0.05, 0.1) is 11.1 Å². The monoisotopic (exact) mass is 291 g/mol. The van der Waals surface area contributed by atoms with Crippen molar-refractivity contribution in [3.05, 3.63) is 76.6 Å². The molecule has 0 radical (unpaired) electrons. The first-order valence-corrected chi connectivity index (χ1v) is 7.34. The summed E-state index contributed by atoms with van der Waals surface area (Å²) >= 11 is 0. The number of para-hydroxylation sites is 2. The SMILES string of the molecule is CC(C)C(=O)c1cc2ccccc2n(-c2ccccc2)c1=O. The summed E-state index contributed by atoms with van der Waals surface area (Å²) in [6.07, 6.45) is 0. The van der Waals surface area contributed by atoms with Crippen molar-refractivity contribution in [2.45, 2.75) is 13.8 Å². The van der Waals surface area contributed by atoms with Gasteiger partial charge in [-0.15, -0.1) is 0 Å². The quantitative estimate of drug-likeness (QED) is 0.688.